The van der Waals surface area contributed by atoms with Gasteiger partial charge >= 0.3 is 11.8 Å². The molecule has 5 rings (SSSR count). The van der Waals surface area contributed by atoms with Crippen LogP contribution in [0, 0.1) is 0 Å². The maximum absolute atomic E-state index is 13.7. The van der Waals surface area contributed by atoms with Gasteiger partial charge in [0.15, 0.2) is 5.82 Å². The minimum absolute atomic E-state index is 0.0165. The minimum atomic E-state index is -0.571. The Morgan fingerprint density at radius 1 is 1.00 bits per heavy atom. The molecule has 2 N–H and O–H groups in total. The summed E-state index contributed by atoms with van der Waals surface area (Å²) in [6.07, 6.45) is 1.48. The molecular formula is C26H29N5O3. The zero-order chi connectivity index (χ0) is 23.7. The van der Waals surface area contributed by atoms with Crippen LogP contribution in [0.4, 0.5) is 0 Å². The second-order valence-electron chi connectivity index (χ2n) is 9.24. The van der Waals surface area contributed by atoms with Crippen LogP contribution in [0.15, 0.2) is 65.2 Å². The number of carbonyl (C=O) groups excluding carboxylic acids is 2. The molecule has 4 atom stereocenters. The SMILES string of the molecule is CC(N)c1noc(C(=O)N2CC(c3ccccc3)CC2C(=O)N2CCC(c3ccccc3)C2)n1. The summed E-state index contributed by atoms with van der Waals surface area (Å²) in [6, 6.07) is 19.3. The molecule has 4 unspecified atom stereocenters. The molecule has 8 nitrogen and oxygen atoms in total. The molecule has 2 aliphatic heterocycles. The molecule has 2 fully saturated rings. The van der Waals surface area contributed by atoms with Crippen molar-refractivity contribution in [3.8, 4) is 0 Å². The summed E-state index contributed by atoms with van der Waals surface area (Å²) >= 11 is 0. The molecule has 3 aromatic rings. The van der Waals surface area contributed by atoms with Crippen LogP contribution in [0.25, 0.3) is 0 Å². The molecular weight excluding hydrogens is 430 g/mol. The normalized spacial score (nSPS) is 23.3. The number of benzene rings is 2. The minimum Gasteiger partial charge on any atom is -0.340 e. The van der Waals surface area contributed by atoms with Gasteiger partial charge in [-0.25, -0.2) is 0 Å². The molecule has 0 saturated carbocycles. The average molecular weight is 460 g/mol. The molecule has 1 aromatic heterocycles. The van der Waals surface area contributed by atoms with Crippen molar-refractivity contribution in [2.75, 3.05) is 19.6 Å². The lowest BCUT2D eigenvalue weighted by Crippen LogP contribution is -2.47. The van der Waals surface area contributed by atoms with E-state index in [4.69, 9.17) is 10.3 Å². The van der Waals surface area contributed by atoms with Crippen LogP contribution in [0.3, 0.4) is 0 Å². The van der Waals surface area contributed by atoms with E-state index in [1.165, 1.54) is 5.56 Å². The molecule has 0 radical (unpaired) electrons. The largest absolute Gasteiger partial charge is 0.340 e. The fourth-order valence-electron chi connectivity index (χ4n) is 5.06. The van der Waals surface area contributed by atoms with Crippen LogP contribution in [-0.2, 0) is 4.79 Å². The number of amides is 2. The van der Waals surface area contributed by atoms with Gasteiger partial charge in [-0.15, -0.1) is 0 Å². The van der Waals surface area contributed by atoms with Crippen LogP contribution >= 0.6 is 0 Å². The predicted octanol–water partition coefficient (Wildman–Crippen LogP) is 3.10. The number of likely N-dealkylation sites (tertiary alicyclic amines) is 2. The first-order chi connectivity index (χ1) is 16.5. The van der Waals surface area contributed by atoms with Crippen molar-refractivity contribution in [2.45, 2.75) is 43.7 Å². The quantitative estimate of drug-likeness (QED) is 0.629. The number of rotatable bonds is 5. The first kappa shape index (κ1) is 22.3. The van der Waals surface area contributed by atoms with Gasteiger partial charge in [0.05, 0.1) is 6.04 Å². The van der Waals surface area contributed by atoms with Gasteiger partial charge in [0, 0.05) is 31.5 Å². The number of hydrogen-bond acceptors (Lipinski definition) is 6. The zero-order valence-electron chi connectivity index (χ0n) is 19.2. The molecule has 3 heterocycles. The Labute approximate surface area is 198 Å². The first-order valence-electron chi connectivity index (χ1n) is 11.8. The van der Waals surface area contributed by atoms with E-state index in [1.807, 2.05) is 53.4 Å². The van der Waals surface area contributed by atoms with Crippen molar-refractivity contribution in [3.05, 3.63) is 83.5 Å². The Bertz CT molecular complexity index is 1150. The highest BCUT2D eigenvalue weighted by atomic mass is 16.5. The maximum Gasteiger partial charge on any atom is 0.316 e. The smallest absolute Gasteiger partial charge is 0.316 e. The third-order valence-electron chi connectivity index (χ3n) is 6.92. The standard InChI is InChI=1S/C26H29N5O3/c1-17(27)23-28-24(34-29-23)26(33)31-16-21(19-10-6-3-7-11-19)14-22(31)25(32)30-13-12-20(15-30)18-8-4-2-5-9-18/h2-11,17,20-22H,12-16,27H2,1H3. The lowest BCUT2D eigenvalue weighted by Gasteiger charge is -2.27. The third-order valence-corrected chi connectivity index (χ3v) is 6.92. The van der Waals surface area contributed by atoms with Gasteiger partial charge in [-0.3, -0.25) is 9.59 Å². The Kier molecular flexibility index (Phi) is 6.15. The van der Waals surface area contributed by atoms with Crippen molar-refractivity contribution in [2.24, 2.45) is 5.73 Å². The molecule has 8 heteroatoms. The Morgan fingerprint density at radius 3 is 2.26 bits per heavy atom. The van der Waals surface area contributed by atoms with Gasteiger partial charge in [0.2, 0.25) is 5.91 Å². The summed E-state index contributed by atoms with van der Waals surface area (Å²) in [6.45, 7) is 3.49. The summed E-state index contributed by atoms with van der Waals surface area (Å²) in [5.41, 5.74) is 8.18. The number of carbonyl (C=O) groups is 2. The van der Waals surface area contributed by atoms with Crippen LogP contribution < -0.4 is 5.73 Å². The third kappa shape index (κ3) is 4.33. The molecule has 0 bridgehead atoms. The number of aromatic nitrogens is 2. The monoisotopic (exact) mass is 459 g/mol. The van der Waals surface area contributed by atoms with E-state index in [0.717, 1.165) is 12.0 Å². The van der Waals surface area contributed by atoms with Gasteiger partial charge in [-0.05, 0) is 30.9 Å². The zero-order valence-corrected chi connectivity index (χ0v) is 19.2. The van der Waals surface area contributed by atoms with Gasteiger partial charge in [0.1, 0.15) is 6.04 Å². The van der Waals surface area contributed by atoms with Crippen LogP contribution in [0.2, 0.25) is 0 Å². The predicted molar refractivity (Wildman–Crippen MR) is 126 cm³/mol. The Balaban J connectivity index is 1.38. The second kappa shape index (κ2) is 9.38. The van der Waals surface area contributed by atoms with E-state index in [9.17, 15) is 9.59 Å². The fourth-order valence-corrected chi connectivity index (χ4v) is 5.06. The van der Waals surface area contributed by atoms with E-state index >= 15 is 0 Å². The molecule has 2 aliphatic rings. The molecule has 2 aromatic carbocycles. The maximum atomic E-state index is 13.7. The first-order valence-corrected chi connectivity index (χ1v) is 11.8. The summed E-state index contributed by atoms with van der Waals surface area (Å²) in [5, 5.41) is 3.82. The summed E-state index contributed by atoms with van der Waals surface area (Å²) in [7, 11) is 0. The highest BCUT2D eigenvalue weighted by molar-refractivity contribution is 5.95. The topological polar surface area (TPSA) is 106 Å². The summed E-state index contributed by atoms with van der Waals surface area (Å²) in [5.74, 6) is 0.0809. The van der Waals surface area contributed by atoms with Gasteiger partial charge in [0.25, 0.3) is 0 Å². The van der Waals surface area contributed by atoms with E-state index in [1.54, 1.807) is 11.8 Å². The molecule has 176 valence electrons. The lowest BCUT2D eigenvalue weighted by molar-refractivity contribution is -0.134. The van der Waals surface area contributed by atoms with Crippen molar-refractivity contribution in [3.63, 3.8) is 0 Å². The van der Waals surface area contributed by atoms with E-state index in [-0.39, 0.29) is 23.5 Å². The van der Waals surface area contributed by atoms with Gasteiger partial charge in [-0.2, -0.15) is 4.98 Å². The van der Waals surface area contributed by atoms with E-state index in [2.05, 4.69) is 22.3 Å². The van der Waals surface area contributed by atoms with Crippen molar-refractivity contribution in [1.29, 1.82) is 0 Å². The average Bonchev–Trinajstić information content (AvgIpc) is 3.64. The Morgan fingerprint density at radius 2 is 1.65 bits per heavy atom. The summed E-state index contributed by atoms with van der Waals surface area (Å²) < 4.78 is 5.21. The highest BCUT2D eigenvalue weighted by Gasteiger charge is 2.44. The lowest BCUT2D eigenvalue weighted by atomic mass is 9.96. The van der Waals surface area contributed by atoms with Gasteiger partial charge in [-0.1, -0.05) is 65.8 Å². The van der Waals surface area contributed by atoms with Crippen LogP contribution in [0.5, 0.6) is 0 Å². The second-order valence-corrected chi connectivity index (χ2v) is 9.24. The fraction of sp³-hybridized carbons (Fsp3) is 0.385. The Hall–Kier alpha value is -3.52. The van der Waals surface area contributed by atoms with Gasteiger partial charge < -0.3 is 20.1 Å². The van der Waals surface area contributed by atoms with E-state index < -0.39 is 18.0 Å². The molecule has 0 aliphatic carbocycles. The number of nitrogens with two attached hydrogens (primary N) is 1. The molecule has 34 heavy (non-hydrogen) atoms. The number of hydrogen-bond donors (Lipinski definition) is 1. The number of nitrogens with zero attached hydrogens (tertiary/aromatic N) is 4. The highest BCUT2D eigenvalue weighted by Crippen LogP contribution is 2.35. The molecule has 2 saturated heterocycles. The van der Waals surface area contributed by atoms with E-state index in [0.29, 0.717) is 32.0 Å². The van der Waals surface area contributed by atoms with Crippen molar-refractivity contribution in [1.82, 2.24) is 19.9 Å². The molecule has 2 amide bonds. The van der Waals surface area contributed by atoms with Crippen molar-refractivity contribution >= 4 is 11.8 Å². The summed E-state index contributed by atoms with van der Waals surface area (Å²) in [4.78, 5) is 34.8. The molecule has 0 spiro atoms. The van der Waals surface area contributed by atoms with Crippen LogP contribution in [-0.4, -0.2) is 57.4 Å². The van der Waals surface area contributed by atoms with Crippen LogP contribution in [0.1, 0.15) is 65.3 Å². The van der Waals surface area contributed by atoms with Crippen molar-refractivity contribution < 1.29 is 14.1 Å².